The number of ether oxygens (including phenoxy) is 1. The molecule has 0 aromatic heterocycles. The average molecular weight is 120 g/mol. The molecule has 8 heavy (non-hydrogen) atoms. The molecule has 0 bridgehead atoms. The monoisotopic (exact) mass is 120 g/mol. The van der Waals surface area contributed by atoms with Gasteiger partial charge in [0.2, 0.25) is 0 Å². The van der Waals surface area contributed by atoms with E-state index in [9.17, 15) is 0 Å². The van der Waals surface area contributed by atoms with Crippen molar-refractivity contribution in [3.63, 3.8) is 0 Å². The first-order valence-electron chi connectivity index (χ1n) is 3.08. The lowest BCUT2D eigenvalue weighted by molar-refractivity contribution is 0.475. The number of hydrogen-bond donors (Lipinski definition) is 0. The minimum Gasteiger partial charge on any atom is -0.377 e. The number of rotatable bonds is 0. The Morgan fingerprint density at radius 2 is 1.00 bits per heavy atom. The Labute approximate surface area is 54.1 Å². The van der Waals surface area contributed by atoms with Crippen molar-refractivity contribution in [3.8, 4) is 0 Å². The predicted octanol–water partition coefficient (Wildman–Crippen LogP) is 2.71. The van der Waals surface area contributed by atoms with Crippen LogP contribution < -0.4 is 0 Å². The van der Waals surface area contributed by atoms with Crippen molar-refractivity contribution in [2.24, 2.45) is 0 Å². The molecule has 1 rings (SSSR count). The SMILES string of the molecule is C.C1CO1.CC.CC. The molecule has 1 aliphatic rings. The van der Waals surface area contributed by atoms with E-state index in [0.29, 0.717) is 0 Å². The van der Waals surface area contributed by atoms with Gasteiger partial charge in [-0.1, -0.05) is 35.1 Å². The lowest BCUT2D eigenvalue weighted by atomic mass is 11.0. The molecular weight excluding hydrogens is 100 g/mol. The molecule has 1 fully saturated rings. The first kappa shape index (κ1) is 15.7. The van der Waals surface area contributed by atoms with Crippen LogP contribution in [0.1, 0.15) is 35.1 Å². The van der Waals surface area contributed by atoms with E-state index in [1.165, 1.54) is 0 Å². The molecule has 0 aromatic rings. The quantitative estimate of drug-likeness (QED) is 0.448. The van der Waals surface area contributed by atoms with Crippen molar-refractivity contribution in [2.75, 3.05) is 13.2 Å². The molecule has 0 atom stereocenters. The number of epoxide rings is 1. The summed E-state index contributed by atoms with van der Waals surface area (Å²) in [6.07, 6.45) is 0. The summed E-state index contributed by atoms with van der Waals surface area (Å²) in [5.41, 5.74) is 0. The van der Waals surface area contributed by atoms with Crippen LogP contribution in [0.25, 0.3) is 0 Å². The lowest BCUT2D eigenvalue weighted by Gasteiger charge is -1.24. The van der Waals surface area contributed by atoms with Crippen molar-refractivity contribution in [1.29, 1.82) is 0 Å². The Morgan fingerprint density at radius 3 is 1.00 bits per heavy atom. The summed E-state index contributed by atoms with van der Waals surface area (Å²) < 4.78 is 4.50. The van der Waals surface area contributed by atoms with E-state index in [1.807, 2.05) is 27.7 Å². The zero-order valence-corrected chi connectivity index (χ0v) is 5.82. The second-order valence-corrected chi connectivity index (χ2v) is 0.612. The smallest absolute Gasteiger partial charge is 0.0701 e. The van der Waals surface area contributed by atoms with Crippen LogP contribution in [-0.2, 0) is 4.74 Å². The fourth-order valence-corrected chi connectivity index (χ4v) is 0. The zero-order valence-electron chi connectivity index (χ0n) is 5.82. The Kier molecular flexibility index (Phi) is 55.3. The highest BCUT2D eigenvalue weighted by Crippen LogP contribution is 1.84. The summed E-state index contributed by atoms with van der Waals surface area (Å²) in [5.74, 6) is 0. The van der Waals surface area contributed by atoms with Crippen molar-refractivity contribution in [2.45, 2.75) is 35.1 Å². The maximum atomic E-state index is 4.50. The zero-order chi connectivity index (χ0) is 6.12. The van der Waals surface area contributed by atoms with E-state index >= 15 is 0 Å². The van der Waals surface area contributed by atoms with Crippen LogP contribution >= 0.6 is 0 Å². The summed E-state index contributed by atoms with van der Waals surface area (Å²) in [7, 11) is 0. The van der Waals surface area contributed by atoms with Crippen LogP contribution in [-0.4, -0.2) is 13.2 Å². The van der Waals surface area contributed by atoms with E-state index < -0.39 is 0 Å². The summed E-state index contributed by atoms with van der Waals surface area (Å²) >= 11 is 0. The highest BCUT2D eigenvalue weighted by Gasteiger charge is 1.94. The van der Waals surface area contributed by atoms with Crippen molar-refractivity contribution < 1.29 is 4.74 Å². The normalized spacial score (nSPS) is 10.5. The second kappa shape index (κ2) is 28.2. The Morgan fingerprint density at radius 1 is 0.875 bits per heavy atom. The number of hydrogen-bond acceptors (Lipinski definition) is 1. The highest BCUT2D eigenvalue weighted by molar-refractivity contribution is 4.36. The van der Waals surface area contributed by atoms with Crippen LogP contribution in [0.5, 0.6) is 0 Å². The van der Waals surface area contributed by atoms with Crippen molar-refractivity contribution in [3.05, 3.63) is 0 Å². The van der Waals surface area contributed by atoms with E-state index in [-0.39, 0.29) is 7.43 Å². The van der Waals surface area contributed by atoms with Crippen LogP contribution in [0.4, 0.5) is 0 Å². The van der Waals surface area contributed by atoms with E-state index in [2.05, 4.69) is 4.74 Å². The third kappa shape index (κ3) is 159. The molecule has 0 amide bonds. The first-order chi connectivity index (χ1) is 3.50. The lowest BCUT2D eigenvalue weighted by Crippen LogP contribution is -1.20. The molecule has 0 radical (unpaired) electrons. The summed E-state index contributed by atoms with van der Waals surface area (Å²) in [4.78, 5) is 0. The van der Waals surface area contributed by atoms with Gasteiger partial charge in [-0.05, 0) is 0 Å². The molecule has 0 saturated carbocycles. The van der Waals surface area contributed by atoms with Gasteiger partial charge in [0.25, 0.3) is 0 Å². The van der Waals surface area contributed by atoms with Gasteiger partial charge in [-0.25, -0.2) is 0 Å². The van der Waals surface area contributed by atoms with Gasteiger partial charge in [0.1, 0.15) is 0 Å². The molecular formula is C7H20O. The fraction of sp³-hybridized carbons (Fsp3) is 1.00. The molecule has 0 aromatic carbocycles. The predicted molar refractivity (Wildman–Crippen MR) is 40.2 cm³/mol. The Hall–Kier alpha value is -0.0400. The topological polar surface area (TPSA) is 12.5 Å². The van der Waals surface area contributed by atoms with Gasteiger partial charge in [0, 0.05) is 0 Å². The molecule has 54 valence electrons. The molecule has 0 spiro atoms. The Bertz CT molecular complexity index is 9.10. The first-order valence-corrected chi connectivity index (χ1v) is 3.08. The minimum absolute atomic E-state index is 0. The van der Waals surface area contributed by atoms with Crippen LogP contribution in [0.15, 0.2) is 0 Å². The maximum absolute atomic E-state index is 4.50. The Balaban J connectivity index is -0.0000000467. The molecule has 1 nitrogen and oxygen atoms in total. The summed E-state index contributed by atoms with van der Waals surface area (Å²) in [6, 6.07) is 0. The minimum atomic E-state index is 0. The molecule has 1 aliphatic heterocycles. The van der Waals surface area contributed by atoms with Crippen LogP contribution in [0, 0.1) is 0 Å². The van der Waals surface area contributed by atoms with Crippen LogP contribution in [0.2, 0.25) is 0 Å². The maximum Gasteiger partial charge on any atom is 0.0701 e. The largest absolute Gasteiger partial charge is 0.377 e. The standard InChI is InChI=1S/C2H4O.2C2H6.CH4/c1-2-3-1;2*1-2;/h1-2H2;2*1-2H3;1H4. The second-order valence-electron chi connectivity index (χ2n) is 0.612. The summed E-state index contributed by atoms with van der Waals surface area (Å²) in [5, 5.41) is 0. The van der Waals surface area contributed by atoms with Crippen molar-refractivity contribution >= 4 is 0 Å². The molecule has 1 heterocycles. The van der Waals surface area contributed by atoms with Crippen LogP contribution in [0.3, 0.4) is 0 Å². The van der Waals surface area contributed by atoms with Gasteiger partial charge < -0.3 is 4.74 Å². The molecule has 0 N–H and O–H groups in total. The van der Waals surface area contributed by atoms with E-state index in [4.69, 9.17) is 0 Å². The third-order valence-corrected chi connectivity index (χ3v) is 0.204. The fourth-order valence-electron chi connectivity index (χ4n) is 0. The highest BCUT2D eigenvalue weighted by atomic mass is 16.6. The van der Waals surface area contributed by atoms with Gasteiger partial charge in [-0.2, -0.15) is 0 Å². The average Bonchev–Trinajstić information content (AvgIpc) is 2.58. The van der Waals surface area contributed by atoms with Gasteiger partial charge in [0.15, 0.2) is 0 Å². The third-order valence-electron chi connectivity index (χ3n) is 0.204. The molecule has 0 aliphatic carbocycles. The van der Waals surface area contributed by atoms with Gasteiger partial charge in [-0.3, -0.25) is 0 Å². The van der Waals surface area contributed by atoms with Gasteiger partial charge in [-0.15, -0.1) is 0 Å². The molecule has 1 saturated heterocycles. The van der Waals surface area contributed by atoms with Gasteiger partial charge >= 0.3 is 0 Å². The van der Waals surface area contributed by atoms with E-state index in [1.54, 1.807) is 0 Å². The van der Waals surface area contributed by atoms with Crippen molar-refractivity contribution in [1.82, 2.24) is 0 Å². The van der Waals surface area contributed by atoms with Gasteiger partial charge in [0.05, 0.1) is 13.2 Å². The molecule has 0 unspecified atom stereocenters. The molecule has 1 heteroatoms. The van der Waals surface area contributed by atoms with E-state index in [0.717, 1.165) is 13.2 Å². The summed E-state index contributed by atoms with van der Waals surface area (Å²) in [6.45, 7) is 10.0.